The molecule has 19 heavy (non-hydrogen) atoms. The maximum Gasteiger partial charge on any atom is 0.176 e. The van der Waals surface area contributed by atoms with Crippen LogP contribution in [0.5, 0.6) is 0 Å². The molecule has 0 bridgehead atoms. The van der Waals surface area contributed by atoms with Crippen molar-refractivity contribution < 1.29 is 4.79 Å². The summed E-state index contributed by atoms with van der Waals surface area (Å²) >= 11 is 2.36. The first kappa shape index (κ1) is 15.0. The third-order valence-electron chi connectivity index (χ3n) is 4.11. The zero-order chi connectivity index (χ0) is 13.7. The van der Waals surface area contributed by atoms with Crippen LogP contribution in [-0.4, -0.2) is 9.71 Å². The highest BCUT2D eigenvalue weighted by Gasteiger charge is 2.32. The molecule has 0 saturated carbocycles. The maximum absolute atomic E-state index is 12.4. The SMILES string of the molecule is CCCCCCCC1Cc2ccccc2C(=O)C1I. The quantitative estimate of drug-likeness (QED) is 0.382. The first-order chi connectivity index (χ1) is 9.24. The van der Waals surface area contributed by atoms with Gasteiger partial charge in [0.1, 0.15) is 0 Å². The molecule has 0 amide bonds. The fourth-order valence-electron chi connectivity index (χ4n) is 2.95. The molecule has 0 spiro atoms. The molecule has 2 unspecified atom stereocenters. The average Bonchev–Trinajstić information content (AvgIpc) is 2.44. The number of alkyl halides is 1. The minimum atomic E-state index is 0.179. The Balaban J connectivity index is 1.91. The molecule has 1 aliphatic rings. The lowest BCUT2D eigenvalue weighted by atomic mass is 9.80. The molecule has 0 aromatic heterocycles. The number of unbranched alkanes of at least 4 members (excludes halogenated alkanes) is 4. The molecule has 0 saturated heterocycles. The Morgan fingerprint density at radius 2 is 1.89 bits per heavy atom. The van der Waals surface area contributed by atoms with Crippen molar-refractivity contribution in [3.8, 4) is 0 Å². The number of hydrogen-bond acceptors (Lipinski definition) is 1. The Bertz CT molecular complexity index is 427. The first-order valence-electron chi connectivity index (χ1n) is 7.50. The molecule has 104 valence electrons. The summed E-state index contributed by atoms with van der Waals surface area (Å²) in [5.74, 6) is 0.894. The van der Waals surface area contributed by atoms with Crippen LogP contribution in [0, 0.1) is 5.92 Å². The first-order valence-corrected chi connectivity index (χ1v) is 8.74. The lowest BCUT2D eigenvalue weighted by Crippen LogP contribution is -2.31. The number of fused-ring (bicyclic) bond motifs is 1. The number of hydrogen-bond donors (Lipinski definition) is 0. The fraction of sp³-hybridized carbons (Fsp3) is 0.588. The molecule has 0 heterocycles. The normalized spacial score (nSPS) is 22.3. The monoisotopic (exact) mass is 370 g/mol. The van der Waals surface area contributed by atoms with E-state index in [0.29, 0.717) is 11.7 Å². The number of Topliss-reactive ketones (excluding diaryl/α,β-unsaturated/α-hetero) is 1. The van der Waals surface area contributed by atoms with Gasteiger partial charge in [0.25, 0.3) is 0 Å². The molecule has 1 aromatic carbocycles. The number of ketones is 1. The highest BCUT2D eigenvalue weighted by Crippen LogP contribution is 2.33. The van der Waals surface area contributed by atoms with Gasteiger partial charge in [-0.2, -0.15) is 0 Å². The van der Waals surface area contributed by atoms with Crippen LogP contribution in [0.4, 0.5) is 0 Å². The number of benzene rings is 1. The van der Waals surface area contributed by atoms with Crippen LogP contribution in [0.2, 0.25) is 0 Å². The molecule has 1 nitrogen and oxygen atoms in total. The van der Waals surface area contributed by atoms with E-state index in [1.54, 1.807) is 0 Å². The number of carbonyl (C=O) groups is 1. The summed E-state index contributed by atoms with van der Waals surface area (Å²) < 4.78 is 0.179. The largest absolute Gasteiger partial charge is 0.293 e. The van der Waals surface area contributed by atoms with Gasteiger partial charge in [0.2, 0.25) is 0 Å². The van der Waals surface area contributed by atoms with Crippen LogP contribution in [0.1, 0.15) is 61.4 Å². The van der Waals surface area contributed by atoms with Crippen LogP contribution in [0.15, 0.2) is 24.3 Å². The molecule has 1 aliphatic carbocycles. The molecule has 0 N–H and O–H groups in total. The summed E-state index contributed by atoms with van der Waals surface area (Å²) in [6, 6.07) is 8.14. The van der Waals surface area contributed by atoms with Crippen molar-refractivity contribution in [2.45, 2.75) is 55.8 Å². The van der Waals surface area contributed by atoms with Crippen molar-refractivity contribution in [3.05, 3.63) is 35.4 Å². The van der Waals surface area contributed by atoms with Gasteiger partial charge in [0.15, 0.2) is 5.78 Å². The molecular weight excluding hydrogens is 347 g/mol. The lowest BCUT2D eigenvalue weighted by molar-refractivity contribution is 0.0962. The van der Waals surface area contributed by atoms with E-state index in [-0.39, 0.29) is 3.92 Å². The van der Waals surface area contributed by atoms with Gasteiger partial charge in [-0.25, -0.2) is 0 Å². The Hall–Kier alpha value is -0.380. The molecule has 2 atom stereocenters. The van der Waals surface area contributed by atoms with Crippen molar-refractivity contribution in [3.63, 3.8) is 0 Å². The summed E-state index contributed by atoms with van der Waals surface area (Å²) in [6.45, 7) is 2.25. The third kappa shape index (κ3) is 3.80. The fourth-order valence-corrected chi connectivity index (χ4v) is 3.90. The van der Waals surface area contributed by atoms with Crippen molar-refractivity contribution in [1.29, 1.82) is 0 Å². The summed E-state index contributed by atoms with van der Waals surface area (Å²) in [5.41, 5.74) is 2.23. The van der Waals surface area contributed by atoms with E-state index in [1.807, 2.05) is 12.1 Å². The minimum Gasteiger partial charge on any atom is -0.293 e. The second-order valence-corrected chi connectivity index (χ2v) is 6.93. The number of rotatable bonds is 6. The lowest BCUT2D eigenvalue weighted by Gasteiger charge is -2.28. The minimum absolute atomic E-state index is 0.179. The Labute approximate surface area is 130 Å². The van der Waals surface area contributed by atoms with Crippen LogP contribution in [0.3, 0.4) is 0 Å². The second kappa shape index (κ2) is 7.41. The average molecular weight is 370 g/mol. The van der Waals surface area contributed by atoms with Gasteiger partial charge in [0.05, 0.1) is 3.92 Å². The van der Waals surface area contributed by atoms with Gasteiger partial charge in [-0.05, 0) is 24.3 Å². The summed E-state index contributed by atoms with van der Waals surface area (Å²) in [5, 5.41) is 0. The van der Waals surface area contributed by atoms with Gasteiger partial charge in [0, 0.05) is 5.56 Å². The maximum atomic E-state index is 12.4. The van der Waals surface area contributed by atoms with Crippen LogP contribution in [0.25, 0.3) is 0 Å². The number of halogens is 1. The van der Waals surface area contributed by atoms with Crippen LogP contribution >= 0.6 is 22.6 Å². The topological polar surface area (TPSA) is 17.1 Å². The number of carbonyl (C=O) groups excluding carboxylic acids is 1. The van der Waals surface area contributed by atoms with Crippen molar-refractivity contribution in [2.24, 2.45) is 5.92 Å². The molecular formula is C17H23IO. The molecule has 0 radical (unpaired) electrons. The van der Waals surface area contributed by atoms with Crippen molar-refractivity contribution in [1.82, 2.24) is 0 Å². The standard InChI is InChI=1S/C17H23IO/c1-2-3-4-5-6-10-14-12-13-9-7-8-11-15(13)17(19)16(14)18/h7-9,11,14,16H,2-6,10,12H2,1H3. The van der Waals surface area contributed by atoms with Crippen LogP contribution < -0.4 is 0 Å². The van der Waals surface area contributed by atoms with E-state index >= 15 is 0 Å². The zero-order valence-corrected chi connectivity index (χ0v) is 13.9. The molecule has 2 heteroatoms. The molecule has 1 aromatic rings. The van der Waals surface area contributed by atoms with Gasteiger partial charge in [-0.3, -0.25) is 4.79 Å². The van der Waals surface area contributed by atoms with E-state index in [0.717, 1.165) is 12.0 Å². The molecule has 2 rings (SSSR count). The predicted octanol–water partition coefficient (Wildman–Crippen LogP) is 5.21. The van der Waals surface area contributed by atoms with E-state index in [4.69, 9.17) is 0 Å². The third-order valence-corrected chi connectivity index (χ3v) is 5.69. The highest BCUT2D eigenvalue weighted by atomic mass is 127. The zero-order valence-electron chi connectivity index (χ0n) is 11.7. The molecule has 0 aliphatic heterocycles. The van der Waals surface area contributed by atoms with E-state index < -0.39 is 0 Å². The van der Waals surface area contributed by atoms with E-state index in [9.17, 15) is 4.79 Å². The Kier molecular flexibility index (Phi) is 5.86. The van der Waals surface area contributed by atoms with Crippen molar-refractivity contribution >= 4 is 28.4 Å². The van der Waals surface area contributed by atoms with Gasteiger partial charge >= 0.3 is 0 Å². The smallest absolute Gasteiger partial charge is 0.176 e. The van der Waals surface area contributed by atoms with Gasteiger partial charge < -0.3 is 0 Å². The van der Waals surface area contributed by atoms with Crippen LogP contribution in [-0.2, 0) is 6.42 Å². The van der Waals surface area contributed by atoms with Crippen molar-refractivity contribution in [2.75, 3.05) is 0 Å². The Morgan fingerprint density at radius 3 is 2.68 bits per heavy atom. The molecule has 0 fully saturated rings. The van der Waals surface area contributed by atoms with Gasteiger partial charge in [-0.1, -0.05) is 85.9 Å². The van der Waals surface area contributed by atoms with E-state index in [1.165, 1.54) is 44.1 Å². The summed E-state index contributed by atoms with van der Waals surface area (Å²) in [7, 11) is 0. The summed E-state index contributed by atoms with van der Waals surface area (Å²) in [6.07, 6.45) is 8.88. The van der Waals surface area contributed by atoms with E-state index in [2.05, 4.69) is 41.6 Å². The highest BCUT2D eigenvalue weighted by molar-refractivity contribution is 14.1. The predicted molar refractivity (Wildman–Crippen MR) is 89.2 cm³/mol. The summed E-state index contributed by atoms with van der Waals surface area (Å²) in [4.78, 5) is 12.4. The second-order valence-electron chi connectivity index (χ2n) is 5.59. The van der Waals surface area contributed by atoms with Gasteiger partial charge in [-0.15, -0.1) is 0 Å². The Morgan fingerprint density at radius 1 is 1.16 bits per heavy atom.